The standard InChI is InChI=1S/C11H13F2N3/c1-3-14-6(2)11-15-9-4-7(12)8(13)5-10(9)16-11/h4-6,14H,3H2,1-2H3,(H,15,16). The van der Waals surface area contributed by atoms with Gasteiger partial charge >= 0.3 is 0 Å². The Labute approximate surface area is 91.9 Å². The highest BCUT2D eigenvalue weighted by Gasteiger charge is 2.12. The maximum Gasteiger partial charge on any atom is 0.161 e. The van der Waals surface area contributed by atoms with E-state index in [1.54, 1.807) is 0 Å². The lowest BCUT2D eigenvalue weighted by molar-refractivity contribution is 0.510. The van der Waals surface area contributed by atoms with Crippen LogP contribution in [0.25, 0.3) is 11.0 Å². The zero-order chi connectivity index (χ0) is 11.7. The van der Waals surface area contributed by atoms with Crippen LogP contribution < -0.4 is 5.32 Å². The average molecular weight is 225 g/mol. The van der Waals surface area contributed by atoms with E-state index in [1.165, 1.54) is 0 Å². The number of imidazole rings is 1. The van der Waals surface area contributed by atoms with Crippen LogP contribution in [-0.4, -0.2) is 16.5 Å². The molecule has 1 aromatic heterocycles. The molecule has 2 rings (SSSR count). The average Bonchev–Trinajstić information content (AvgIpc) is 2.62. The van der Waals surface area contributed by atoms with Gasteiger partial charge in [-0.3, -0.25) is 0 Å². The smallest absolute Gasteiger partial charge is 0.161 e. The summed E-state index contributed by atoms with van der Waals surface area (Å²) in [5, 5.41) is 3.17. The molecule has 0 spiro atoms. The van der Waals surface area contributed by atoms with E-state index in [0.29, 0.717) is 16.9 Å². The fourth-order valence-electron chi connectivity index (χ4n) is 1.63. The maximum atomic E-state index is 13.0. The van der Waals surface area contributed by atoms with Gasteiger partial charge in [-0.2, -0.15) is 0 Å². The number of fused-ring (bicyclic) bond motifs is 1. The Morgan fingerprint density at radius 1 is 1.38 bits per heavy atom. The Morgan fingerprint density at radius 2 is 2.06 bits per heavy atom. The molecule has 1 atom stereocenters. The molecule has 0 fully saturated rings. The van der Waals surface area contributed by atoms with Gasteiger partial charge in [0.15, 0.2) is 11.6 Å². The number of nitrogens with zero attached hydrogens (tertiary/aromatic N) is 1. The second-order valence-corrected chi connectivity index (χ2v) is 3.68. The molecular formula is C11H13F2N3. The lowest BCUT2D eigenvalue weighted by atomic mass is 10.3. The van der Waals surface area contributed by atoms with Crippen molar-refractivity contribution in [2.45, 2.75) is 19.9 Å². The fourth-order valence-corrected chi connectivity index (χ4v) is 1.63. The highest BCUT2D eigenvalue weighted by Crippen LogP contribution is 2.18. The van der Waals surface area contributed by atoms with E-state index in [9.17, 15) is 8.78 Å². The summed E-state index contributed by atoms with van der Waals surface area (Å²) in [4.78, 5) is 7.18. The number of halogens is 2. The predicted molar refractivity (Wildman–Crippen MR) is 58.1 cm³/mol. The Bertz CT molecular complexity index is 468. The molecule has 3 nitrogen and oxygen atoms in total. The van der Waals surface area contributed by atoms with Crippen molar-refractivity contribution >= 4 is 11.0 Å². The third-order valence-corrected chi connectivity index (χ3v) is 2.46. The molecule has 86 valence electrons. The zero-order valence-electron chi connectivity index (χ0n) is 9.14. The molecule has 0 aliphatic heterocycles. The van der Waals surface area contributed by atoms with Crippen LogP contribution in [0.3, 0.4) is 0 Å². The molecule has 0 aliphatic rings. The van der Waals surface area contributed by atoms with Crippen molar-refractivity contribution in [2.75, 3.05) is 6.54 Å². The second kappa shape index (κ2) is 4.17. The number of hydrogen-bond acceptors (Lipinski definition) is 2. The number of hydrogen-bond donors (Lipinski definition) is 2. The Hall–Kier alpha value is -1.49. The normalized spacial score (nSPS) is 13.2. The molecule has 1 aromatic carbocycles. The number of aromatic amines is 1. The van der Waals surface area contributed by atoms with Crippen molar-refractivity contribution in [3.05, 3.63) is 29.6 Å². The van der Waals surface area contributed by atoms with Crippen molar-refractivity contribution in [1.82, 2.24) is 15.3 Å². The molecule has 1 heterocycles. The summed E-state index contributed by atoms with van der Waals surface area (Å²) in [5.41, 5.74) is 0.956. The summed E-state index contributed by atoms with van der Waals surface area (Å²) in [6.45, 7) is 4.73. The van der Waals surface area contributed by atoms with E-state index in [2.05, 4.69) is 15.3 Å². The van der Waals surface area contributed by atoms with Crippen molar-refractivity contribution in [1.29, 1.82) is 0 Å². The summed E-state index contributed by atoms with van der Waals surface area (Å²) >= 11 is 0. The van der Waals surface area contributed by atoms with Gasteiger partial charge < -0.3 is 10.3 Å². The topological polar surface area (TPSA) is 40.7 Å². The minimum atomic E-state index is -0.873. The summed E-state index contributed by atoms with van der Waals surface area (Å²) in [6.07, 6.45) is 0. The Kier molecular flexibility index (Phi) is 2.87. The van der Waals surface area contributed by atoms with E-state index in [1.807, 2.05) is 13.8 Å². The van der Waals surface area contributed by atoms with Crippen LogP contribution in [-0.2, 0) is 0 Å². The molecule has 2 N–H and O–H groups in total. The SMILES string of the molecule is CCNC(C)c1nc2cc(F)c(F)cc2[nH]1. The first-order valence-electron chi connectivity index (χ1n) is 5.20. The number of aromatic nitrogens is 2. The Morgan fingerprint density at radius 3 is 2.75 bits per heavy atom. The highest BCUT2D eigenvalue weighted by atomic mass is 19.2. The molecule has 5 heteroatoms. The van der Waals surface area contributed by atoms with Crippen LogP contribution in [0, 0.1) is 11.6 Å². The van der Waals surface area contributed by atoms with E-state index in [4.69, 9.17) is 0 Å². The summed E-state index contributed by atoms with van der Waals surface area (Å²) < 4.78 is 25.9. The zero-order valence-corrected chi connectivity index (χ0v) is 9.14. The molecule has 0 amide bonds. The number of benzene rings is 1. The minimum Gasteiger partial charge on any atom is -0.341 e. The first-order chi connectivity index (χ1) is 7.61. The van der Waals surface area contributed by atoms with E-state index in [-0.39, 0.29) is 6.04 Å². The maximum absolute atomic E-state index is 13.0. The summed E-state index contributed by atoms with van der Waals surface area (Å²) in [6, 6.07) is 2.26. The Balaban J connectivity index is 2.43. The van der Waals surface area contributed by atoms with Crippen molar-refractivity contribution in [3.63, 3.8) is 0 Å². The van der Waals surface area contributed by atoms with Crippen LogP contribution >= 0.6 is 0 Å². The molecule has 0 aliphatic carbocycles. The molecule has 0 bridgehead atoms. The number of rotatable bonds is 3. The monoisotopic (exact) mass is 225 g/mol. The van der Waals surface area contributed by atoms with Crippen molar-refractivity contribution in [2.24, 2.45) is 0 Å². The van der Waals surface area contributed by atoms with Crippen LogP contribution in [0.2, 0.25) is 0 Å². The van der Waals surface area contributed by atoms with Crippen LogP contribution in [0.1, 0.15) is 25.7 Å². The fraction of sp³-hybridized carbons (Fsp3) is 0.364. The van der Waals surface area contributed by atoms with Gasteiger partial charge in [0, 0.05) is 12.1 Å². The molecule has 0 saturated heterocycles. The highest BCUT2D eigenvalue weighted by molar-refractivity contribution is 5.75. The van der Waals surface area contributed by atoms with Gasteiger partial charge in [-0.1, -0.05) is 6.92 Å². The first kappa shape index (κ1) is 11.0. The molecule has 16 heavy (non-hydrogen) atoms. The lowest BCUT2D eigenvalue weighted by Crippen LogP contribution is -2.18. The van der Waals surface area contributed by atoms with E-state index < -0.39 is 11.6 Å². The molecule has 1 unspecified atom stereocenters. The largest absolute Gasteiger partial charge is 0.341 e. The molecule has 2 aromatic rings. The quantitative estimate of drug-likeness (QED) is 0.842. The lowest BCUT2D eigenvalue weighted by Gasteiger charge is -2.07. The van der Waals surface area contributed by atoms with Gasteiger partial charge in [-0.25, -0.2) is 13.8 Å². The van der Waals surface area contributed by atoms with Crippen LogP contribution in [0.4, 0.5) is 8.78 Å². The minimum absolute atomic E-state index is 0.0310. The van der Waals surface area contributed by atoms with Gasteiger partial charge in [-0.15, -0.1) is 0 Å². The van der Waals surface area contributed by atoms with Crippen molar-refractivity contribution in [3.8, 4) is 0 Å². The first-order valence-corrected chi connectivity index (χ1v) is 5.20. The van der Waals surface area contributed by atoms with Gasteiger partial charge in [0.05, 0.1) is 17.1 Å². The van der Waals surface area contributed by atoms with Gasteiger partial charge in [0.25, 0.3) is 0 Å². The van der Waals surface area contributed by atoms with Crippen LogP contribution in [0.15, 0.2) is 12.1 Å². The number of nitrogens with one attached hydrogen (secondary N) is 2. The van der Waals surface area contributed by atoms with E-state index >= 15 is 0 Å². The molecule has 0 saturated carbocycles. The third kappa shape index (κ3) is 1.90. The second-order valence-electron chi connectivity index (χ2n) is 3.68. The van der Waals surface area contributed by atoms with E-state index in [0.717, 1.165) is 18.7 Å². The van der Waals surface area contributed by atoms with Gasteiger partial charge in [-0.05, 0) is 13.5 Å². The van der Waals surface area contributed by atoms with Crippen LogP contribution in [0.5, 0.6) is 0 Å². The molecular weight excluding hydrogens is 212 g/mol. The van der Waals surface area contributed by atoms with Gasteiger partial charge in [0.1, 0.15) is 5.82 Å². The summed E-state index contributed by atoms with van der Waals surface area (Å²) in [7, 11) is 0. The van der Waals surface area contributed by atoms with Gasteiger partial charge in [0.2, 0.25) is 0 Å². The predicted octanol–water partition coefficient (Wildman–Crippen LogP) is 2.51. The molecule has 0 radical (unpaired) electrons. The summed E-state index contributed by atoms with van der Waals surface area (Å²) in [5.74, 6) is -1.05. The van der Waals surface area contributed by atoms with Crippen molar-refractivity contribution < 1.29 is 8.78 Å². The third-order valence-electron chi connectivity index (χ3n) is 2.46. The number of H-pyrrole nitrogens is 1.